The van der Waals surface area contributed by atoms with Crippen molar-refractivity contribution in [1.82, 2.24) is 0 Å². The number of aliphatic hydroxyl groups excluding tert-OH is 1. The quantitative estimate of drug-likeness (QED) is 0.133. The highest BCUT2D eigenvalue weighted by Gasteiger charge is 2.06. The molecular formula is C29H28BrF2NO5. The van der Waals surface area contributed by atoms with E-state index in [1.54, 1.807) is 50.2 Å². The number of ether oxygens (including phenoxy) is 2. The number of halogens is 3. The zero-order valence-corrected chi connectivity index (χ0v) is 22.5. The Morgan fingerprint density at radius 1 is 0.789 bits per heavy atom. The second kappa shape index (κ2) is 16.1. The Hall–Kier alpha value is -3.82. The lowest BCUT2D eigenvalue weighted by Gasteiger charge is -2.07. The first-order valence-corrected chi connectivity index (χ1v) is 12.7. The van der Waals surface area contributed by atoms with E-state index >= 15 is 0 Å². The third-order valence-corrected chi connectivity index (χ3v) is 5.34. The van der Waals surface area contributed by atoms with E-state index in [1.807, 2.05) is 36.4 Å². The molecule has 0 aliphatic heterocycles. The summed E-state index contributed by atoms with van der Waals surface area (Å²) in [5.74, 6) is 0.778. The average Bonchev–Trinajstić information content (AvgIpc) is 2.93. The van der Waals surface area contributed by atoms with Crippen LogP contribution in [0.1, 0.15) is 25.0 Å². The maximum atomic E-state index is 13.5. The molecule has 1 N–H and O–H groups in total. The van der Waals surface area contributed by atoms with Crippen LogP contribution in [0.2, 0.25) is 0 Å². The van der Waals surface area contributed by atoms with Crippen LogP contribution < -0.4 is 9.47 Å². The average molecular weight is 588 g/mol. The summed E-state index contributed by atoms with van der Waals surface area (Å²) >= 11 is 3.32. The molecular weight excluding hydrogens is 560 g/mol. The van der Waals surface area contributed by atoms with Crippen LogP contribution in [0.5, 0.6) is 23.0 Å². The smallest absolute Gasteiger partial charge is 0.207 e. The Morgan fingerprint density at radius 3 is 1.55 bits per heavy atom. The van der Waals surface area contributed by atoms with E-state index in [2.05, 4.69) is 15.9 Å². The van der Waals surface area contributed by atoms with Crippen LogP contribution in [0.4, 0.5) is 8.78 Å². The van der Waals surface area contributed by atoms with Crippen LogP contribution in [-0.2, 0) is 11.9 Å². The van der Waals surface area contributed by atoms with Crippen LogP contribution in [-0.4, -0.2) is 16.1 Å². The number of aliphatic hydroxyl groups is 1. The summed E-state index contributed by atoms with van der Waals surface area (Å²) in [6, 6.07) is 26.8. The first-order valence-electron chi connectivity index (χ1n) is 11.6. The fourth-order valence-electron chi connectivity index (χ4n) is 2.66. The first kappa shape index (κ1) is 30.4. The molecule has 0 unspecified atom stereocenters. The number of hydrogen-bond acceptors (Lipinski definition) is 5. The van der Waals surface area contributed by atoms with Crippen LogP contribution in [0.15, 0.2) is 97.1 Å². The van der Waals surface area contributed by atoms with Crippen molar-refractivity contribution in [1.29, 1.82) is 0 Å². The highest BCUT2D eigenvalue weighted by Crippen LogP contribution is 2.26. The second-order valence-corrected chi connectivity index (χ2v) is 8.59. The summed E-state index contributed by atoms with van der Waals surface area (Å²) in [7, 11) is 0. The van der Waals surface area contributed by atoms with Gasteiger partial charge in [0.2, 0.25) is 6.04 Å². The van der Waals surface area contributed by atoms with Gasteiger partial charge in [0.1, 0.15) is 11.5 Å². The van der Waals surface area contributed by atoms with Crippen molar-refractivity contribution >= 4 is 15.9 Å². The lowest BCUT2D eigenvalue weighted by molar-refractivity contribution is -0.513. The summed E-state index contributed by atoms with van der Waals surface area (Å²) < 4.78 is 37.7. The van der Waals surface area contributed by atoms with Crippen molar-refractivity contribution in [2.24, 2.45) is 0 Å². The molecule has 0 aliphatic rings. The lowest BCUT2D eigenvalue weighted by Crippen LogP contribution is -2.08. The van der Waals surface area contributed by atoms with E-state index in [0.717, 1.165) is 5.56 Å². The van der Waals surface area contributed by atoms with Gasteiger partial charge >= 0.3 is 0 Å². The fourth-order valence-corrected chi connectivity index (χ4v) is 3.01. The molecule has 0 heterocycles. The van der Waals surface area contributed by atoms with Crippen LogP contribution in [0.3, 0.4) is 0 Å². The van der Waals surface area contributed by atoms with Gasteiger partial charge in [0.05, 0.1) is 6.61 Å². The van der Waals surface area contributed by atoms with Gasteiger partial charge in [-0.1, -0.05) is 64.5 Å². The molecule has 4 aromatic carbocycles. The molecule has 6 nitrogen and oxygen atoms in total. The maximum absolute atomic E-state index is 13.5. The van der Waals surface area contributed by atoms with Crippen LogP contribution in [0, 0.1) is 21.7 Å². The zero-order chi connectivity index (χ0) is 27.9. The Labute approximate surface area is 228 Å². The van der Waals surface area contributed by atoms with Gasteiger partial charge in [-0.25, -0.2) is 8.78 Å². The minimum atomic E-state index is -0.443. The van der Waals surface area contributed by atoms with E-state index in [1.165, 1.54) is 24.3 Å². The van der Waals surface area contributed by atoms with Gasteiger partial charge in [-0.3, -0.25) is 10.1 Å². The monoisotopic (exact) mass is 587 g/mol. The van der Waals surface area contributed by atoms with E-state index in [-0.39, 0.29) is 28.8 Å². The number of alkyl halides is 1. The topological polar surface area (TPSA) is 81.8 Å². The highest BCUT2D eigenvalue weighted by atomic mass is 79.9. The summed E-state index contributed by atoms with van der Waals surface area (Å²) in [5, 5.41) is 19.1. The molecule has 4 rings (SSSR count). The van der Waals surface area contributed by atoms with Gasteiger partial charge in [0, 0.05) is 24.1 Å². The minimum Gasteiger partial charge on any atom is -0.454 e. The van der Waals surface area contributed by atoms with Crippen molar-refractivity contribution < 1.29 is 28.3 Å². The first-order chi connectivity index (χ1) is 18.2. The van der Waals surface area contributed by atoms with E-state index in [0.29, 0.717) is 22.4 Å². The molecule has 0 spiro atoms. The normalized spacial score (nSPS) is 9.97. The molecule has 0 atom stereocenters. The Bertz CT molecular complexity index is 1180. The molecule has 200 valence electrons. The van der Waals surface area contributed by atoms with Crippen LogP contribution >= 0.6 is 15.9 Å². The number of rotatable bonds is 7. The summed E-state index contributed by atoms with van der Waals surface area (Å²) in [4.78, 5) is 9.17. The van der Waals surface area contributed by atoms with Crippen LogP contribution in [0.25, 0.3) is 0 Å². The molecule has 4 aromatic rings. The van der Waals surface area contributed by atoms with Gasteiger partial charge < -0.3 is 14.6 Å². The number of para-hydroxylation sites is 2. The number of nitro groups is 1. The van der Waals surface area contributed by atoms with Gasteiger partial charge in [-0.2, -0.15) is 0 Å². The summed E-state index contributed by atoms with van der Waals surface area (Å²) in [5.41, 5.74) is 1.60. The Balaban J connectivity index is 0.000000221. The molecule has 0 aromatic heterocycles. The SMILES string of the molecule is CC(C)[N+](=O)[O-].Fc1ccc(CBr)cc1Oc1ccccc1.OCc1ccc(F)c(Oc2ccccc2)c1. The molecule has 9 heteroatoms. The standard InChI is InChI=1S/C13H10BrFO.C13H11FO2.C3H7NO2/c14-9-10-6-7-12(15)13(8-10)16-11-4-2-1-3-5-11;14-12-7-6-10(9-15)8-13(12)16-11-4-2-1-3-5-11;1-3(2)4(5)6/h1-8H,9H2;1-8,15H,9H2;3H,1-2H3. The summed E-state index contributed by atoms with van der Waals surface area (Å²) in [6.07, 6.45) is 0. The van der Waals surface area contributed by atoms with Crippen molar-refractivity contribution in [3.63, 3.8) is 0 Å². The third-order valence-electron chi connectivity index (χ3n) is 4.69. The minimum absolute atomic E-state index is 0.123. The van der Waals surface area contributed by atoms with Gasteiger partial charge in [-0.05, 0) is 59.7 Å². The van der Waals surface area contributed by atoms with Crippen molar-refractivity contribution in [3.05, 3.63) is 130 Å². The molecule has 0 radical (unpaired) electrons. The molecule has 0 saturated carbocycles. The fraction of sp³-hybridized carbons (Fsp3) is 0.172. The van der Waals surface area contributed by atoms with Gasteiger partial charge in [0.25, 0.3) is 0 Å². The predicted octanol–water partition coefficient (Wildman–Crippen LogP) is 8.29. The van der Waals surface area contributed by atoms with E-state index < -0.39 is 11.9 Å². The largest absolute Gasteiger partial charge is 0.454 e. The third kappa shape index (κ3) is 10.7. The van der Waals surface area contributed by atoms with Gasteiger partial charge in [0.15, 0.2) is 23.1 Å². The number of hydrogen-bond donors (Lipinski definition) is 1. The Kier molecular flexibility index (Phi) is 12.9. The molecule has 38 heavy (non-hydrogen) atoms. The number of benzene rings is 4. The predicted molar refractivity (Wildman–Crippen MR) is 147 cm³/mol. The van der Waals surface area contributed by atoms with Crippen molar-refractivity contribution in [2.45, 2.75) is 31.8 Å². The van der Waals surface area contributed by atoms with E-state index in [4.69, 9.17) is 14.6 Å². The maximum Gasteiger partial charge on any atom is 0.207 e. The molecule has 0 amide bonds. The van der Waals surface area contributed by atoms with Crippen molar-refractivity contribution in [3.8, 4) is 23.0 Å². The molecule has 0 fully saturated rings. The zero-order valence-electron chi connectivity index (χ0n) is 20.9. The molecule has 0 saturated heterocycles. The van der Waals surface area contributed by atoms with Crippen molar-refractivity contribution in [2.75, 3.05) is 0 Å². The molecule has 0 aliphatic carbocycles. The highest BCUT2D eigenvalue weighted by molar-refractivity contribution is 9.08. The lowest BCUT2D eigenvalue weighted by atomic mass is 10.2. The van der Waals surface area contributed by atoms with Gasteiger partial charge in [-0.15, -0.1) is 0 Å². The Morgan fingerprint density at radius 2 is 1.18 bits per heavy atom. The summed E-state index contributed by atoms with van der Waals surface area (Å²) in [6.45, 7) is 2.95. The molecule has 0 bridgehead atoms. The second-order valence-electron chi connectivity index (χ2n) is 8.03. The number of nitrogens with zero attached hydrogens (tertiary/aromatic N) is 1. The van der Waals surface area contributed by atoms with E-state index in [9.17, 15) is 18.9 Å².